The van der Waals surface area contributed by atoms with Gasteiger partial charge in [-0.2, -0.15) is 13.2 Å². The number of benzene rings is 1. The number of esters is 1. The van der Waals surface area contributed by atoms with Crippen molar-refractivity contribution in [2.45, 2.75) is 49.4 Å². The average Bonchev–Trinajstić information content (AvgIpc) is 3.26. The van der Waals surface area contributed by atoms with Crippen molar-refractivity contribution in [2.75, 3.05) is 7.05 Å². The molecule has 0 unspecified atom stereocenters. The molecule has 2 aliphatic carbocycles. The van der Waals surface area contributed by atoms with E-state index in [1.807, 2.05) is 12.1 Å². The van der Waals surface area contributed by atoms with Crippen LogP contribution in [0.3, 0.4) is 0 Å². The summed E-state index contributed by atoms with van der Waals surface area (Å²) in [4.78, 5) is 11.0. The standard InChI is InChI=1S/C16H18F3NO2/c1-20-15(22-14(21)16(17,18)19)8-13(9-15)12-6-4-11(5-7-12)10-2-3-10/h4-7,10,13,20H,2-3,8-9H2,1H3. The van der Waals surface area contributed by atoms with Gasteiger partial charge < -0.3 is 4.74 Å². The van der Waals surface area contributed by atoms with Crippen LogP contribution in [-0.4, -0.2) is 24.9 Å². The minimum Gasteiger partial charge on any atom is -0.437 e. The molecular formula is C16H18F3NO2. The molecule has 0 aromatic heterocycles. The van der Waals surface area contributed by atoms with Gasteiger partial charge in [0.05, 0.1) is 0 Å². The molecule has 0 aliphatic heterocycles. The molecule has 6 heteroatoms. The van der Waals surface area contributed by atoms with Crippen molar-refractivity contribution in [1.29, 1.82) is 0 Å². The van der Waals surface area contributed by atoms with Crippen molar-refractivity contribution in [3.8, 4) is 0 Å². The van der Waals surface area contributed by atoms with Gasteiger partial charge in [-0.3, -0.25) is 5.32 Å². The van der Waals surface area contributed by atoms with Gasteiger partial charge in [0, 0.05) is 12.8 Å². The van der Waals surface area contributed by atoms with Gasteiger partial charge >= 0.3 is 12.1 Å². The average molecular weight is 313 g/mol. The fraction of sp³-hybridized carbons (Fsp3) is 0.562. The van der Waals surface area contributed by atoms with E-state index in [9.17, 15) is 18.0 Å². The molecule has 0 amide bonds. The van der Waals surface area contributed by atoms with E-state index < -0.39 is 17.9 Å². The number of carbonyl (C=O) groups is 1. The molecule has 120 valence electrons. The van der Waals surface area contributed by atoms with Gasteiger partial charge in [0.25, 0.3) is 0 Å². The van der Waals surface area contributed by atoms with Crippen LogP contribution in [0.5, 0.6) is 0 Å². The number of nitrogens with one attached hydrogen (secondary N) is 1. The van der Waals surface area contributed by atoms with Gasteiger partial charge in [0.2, 0.25) is 0 Å². The molecule has 22 heavy (non-hydrogen) atoms. The predicted octanol–water partition coefficient (Wildman–Crippen LogP) is 3.46. The highest BCUT2D eigenvalue weighted by Crippen LogP contribution is 2.47. The molecule has 1 aromatic carbocycles. The van der Waals surface area contributed by atoms with Crippen molar-refractivity contribution in [2.24, 2.45) is 0 Å². The van der Waals surface area contributed by atoms with Crippen LogP contribution in [0.2, 0.25) is 0 Å². The lowest BCUT2D eigenvalue weighted by Gasteiger charge is -2.46. The molecule has 3 rings (SSSR count). The topological polar surface area (TPSA) is 38.3 Å². The number of hydrogen-bond donors (Lipinski definition) is 1. The smallest absolute Gasteiger partial charge is 0.437 e. The molecule has 2 saturated carbocycles. The van der Waals surface area contributed by atoms with Crippen LogP contribution >= 0.6 is 0 Å². The van der Waals surface area contributed by atoms with Crippen molar-refractivity contribution in [3.05, 3.63) is 35.4 Å². The Morgan fingerprint density at radius 1 is 1.14 bits per heavy atom. The molecule has 0 radical (unpaired) electrons. The zero-order chi connectivity index (χ0) is 16.0. The number of halogens is 3. The second-order valence-electron chi connectivity index (χ2n) is 6.18. The van der Waals surface area contributed by atoms with E-state index in [-0.39, 0.29) is 5.92 Å². The van der Waals surface area contributed by atoms with Crippen molar-refractivity contribution in [3.63, 3.8) is 0 Å². The minimum absolute atomic E-state index is 0.113. The Bertz CT molecular complexity index is 558. The first-order valence-corrected chi connectivity index (χ1v) is 7.42. The van der Waals surface area contributed by atoms with Crippen molar-refractivity contribution in [1.82, 2.24) is 5.32 Å². The van der Waals surface area contributed by atoms with E-state index in [2.05, 4.69) is 22.2 Å². The lowest BCUT2D eigenvalue weighted by atomic mass is 9.72. The maximum atomic E-state index is 12.3. The van der Waals surface area contributed by atoms with Crippen LogP contribution in [0, 0.1) is 0 Å². The SMILES string of the molecule is CNC1(OC(=O)C(F)(F)F)CC(c2ccc(C3CC3)cc2)C1. The number of alkyl halides is 3. The molecule has 2 aliphatic rings. The van der Waals surface area contributed by atoms with E-state index in [1.165, 1.54) is 25.5 Å². The number of hydrogen-bond acceptors (Lipinski definition) is 3. The van der Waals surface area contributed by atoms with Gasteiger partial charge in [-0.1, -0.05) is 24.3 Å². The highest BCUT2D eigenvalue weighted by Gasteiger charge is 2.52. The number of rotatable bonds is 4. The van der Waals surface area contributed by atoms with Crippen LogP contribution in [-0.2, 0) is 9.53 Å². The summed E-state index contributed by atoms with van der Waals surface area (Å²) in [7, 11) is 1.51. The summed E-state index contributed by atoms with van der Waals surface area (Å²) in [5, 5.41) is 2.71. The van der Waals surface area contributed by atoms with Gasteiger partial charge in [-0.05, 0) is 42.9 Å². The molecule has 3 nitrogen and oxygen atoms in total. The van der Waals surface area contributed by atoms with E-state index >= 15 is 0 Å². The Hall–Kier alpha value is -1.56. The third-order valence-corrected chi connectivity index (χ3v) is 4.58. The normalized spacial score (nSPS) is 28.1. The monoisotopic (exact) mass is 313 g/mol. The van der Waals surface area contributed by atoms with Gasteiger partial charge in [0.1, 0.15) is 0 Å². The van der Waals surface area contributed by atoms with E-state index in [0.717, 1.165) is 5.56 Å². The van der Waals surface area contributed by atoms with Crippen LogP contribution < -0.4 is 5.32 Å². The Morgan fingerprint density at radius 3 is 2.05 bits per heavy atom. The lowest BCUT2D eigenvalue weighted by Crippen LogP contribution is -2.57. The van der Waals surface area contributed by atoms with Gasteiger partial charge in [-0.15, -0.1) is 0 Å². The largest absolute Gasteiger partial charge is 0.490 e. The van der Waals surface area contributed by atoms with Crippen molar-refractivity contribution >= 4 is 5.97 Å². The Kier molecular flexibility index (Phi) is 3.67. The second kappa shape index (κ2) is 5.26. The maximum Gasteiger partial charge on any atom is 0.490 e. The summed E-state index contributed by atoms with van der Waals surface area (Å²) in [5.41, 5.74) is 1.21. The zero-order valence-corrected chi connectivity index (χ0v) is 12.2. The summed E-state index contributed by atoms with van der Waals surface area (Å²) in [5.74, 6) is -1.34. The third-order valence-electron chi connectivity index (χ3n) is 4.58. The van der Waals surface area contributed by atoms with Crippen LogP contribution in [0.25, 0.3) is 0 Å². The predicted molar refractivity (Wildman–Crippen MR) is 74.3 cm³/mol. The van der Waals surface area contributed by atoms with Crippen molar-refractivity contribution < 1.29 is 22.7 Å². The van der Waals surface area contributed by atoms with Gasteiger partial charge in [-0.25, -0.2) is 4.79 Å². The third kappa shape index (κ3) is 2.97. The Labute approximate surface area is 126 Å². The molecule has 0 bridgehead atoms. The fourth-order valence-electron chi connectivity index (χ4n) is 3.00. The molecule has 0 heterocycles. The molecule has 0 atom stereocenters. The lowest BCUT2D eigenvalue weighted by molar-refractivity contribution is -0.226. The molecule has 0 saturated heterocycles. The molecule has 1 aromatic rings. The van der Waals surface area contributed by atoms with Crippen LogP contribution in [0.1, 0.15) is 48.6 Å². The minimum atomic E-state index is -4.96. The second-order valence-corrected chi connectivity index (χ2v) is 6.18. The maximum absolute atomic E-state index is 12.3. The Morgan fingerprint density at radius 2 is 1.64 bits per heavy atom. The summed E-state index contributed by atoms with van der Waals surface area (Å²) in [6.07, 6.45) is -1.78. The van der Waals surface area contributed by atoms with E-state index in [1.54, 1.807) is 0 Å². The number of ether oxygens (including phenoxy) is 1. The Balaban J connectivity index is 1.62. The first kappa shape index (κ1) is 15.3. The summed E-state index contributed by atoms with van der Waals surface area (Å²) in [6.45, 7) is 0. The fourth-order valence-corrected chi connectivity index (χ4v) is 3.00. The summed E-state index contributed by atoms with van der Waals surface area (Å²) >= 11 is 0. The molecular weight excluding hydrogens is 295 g/mol. The zero-order valence-electron chi connectivity index (χ0n) is 12.2. The highest BCUT2D eigenvalue weighted by molar-refractivity contribution is 5.76. The van der Waals surface area contributed by atoms with Gasteiger partial charge in [0.15, 0.2) is 5.72 Å². The van der Waals surface area contributed by atoms with E-state index in [0.29, 0.717) is 18.8 Å². The van der Waals surface area contributed by atoms with Crippen LogP contribution in [0.4, 0.5) is 13.2 Å². The summed E-state index contributed by atoms with van der Waals surface area (Å²) < 4.78 is 41.6. The molecule has 2 fully saturated rings. The first-order valence-electron chi connectivity index (χ1n) is 7.42. The van der Waals surface area contributed by atoms with Crippen LogP contribution in [0.15, 0.2) is 24.3 Å². The number of carbonyl (C=O) groups excluding carboxylic acids is 1. The highest BCUT2D eigenvalue weighted by atomic mass is 19.4. The molecule has 0 spiro atoms. The quantitative estimate of drug-likeness (QED) is 0.683. The summed E-state index contributed by atoms with van der Waals surface area (Å²) in [6, 6.07) is 8.25. The first-order chi connectivity index (χ1) is 10.3. The molecule has 1 N–H and O–H groups in total. The van der Waals surface area contributed by atoms with E-state index in [4.69, 9.17) is 0 Å².